The summed E-state index contributed by atoms with van der Waals surface area (Å²) in [6, 6.07) is 9.39. The minimum atomic E-state index is -1.11. The molecule has 1 amide bonds. The molecule has 1 aromatic carbocycles. The van der Waals surface area contributed by atoms with Crippen LogP contribution in [0.25, 0.3) is 0 Å². The van der Waals surface area contributed by atoms with E-state index in [9.17, 15) is 9.90 Å². The molecule has 106 valence electrons. The number of nitrogens with zero attached hydrogens (tertiary/aromatic N) is 1. The van der Waals surface area contributed by atoms with Crippen LogP contribution in [-0.4, -0.2) is 35.1 Å². The molecule has 3 nitrogen and oxygen atoms in total. The predicted molar refractivity (Wildman–Crippen MR) is 77.9 cm³/mol. The summed E-state index contributed by atoms with van der Waals surface area (Å²) in [6.07, 6.45) is -1.10. The van der Waals surface area contributed by atoms with Gasteiger partial charge in [0.1, 0.15) is 6.10 Å². The van der Waals surface area contributed by atoms with Gasteiger partial charge in [-0.3, -0.25) is 4.79 Å². The zero-order valence-corrected chi connectivity index (χ0v) is 12.0. The molecular weight excluding hydrogens is 238 g/mol. The molecular formula is C16H25NO2. The summed E-state index contributed by atoms with van der Waals surface area (Å²) in [7, 11) is 0. The van der Waals surface area contributed by atoms with Crippen LogP contribution in [0, 0.1) is 5.92 Å². The SMILES string of the molecule is [2H]C(c1ccccc1)C(CC)C(O)C(=O)N(CC)CC. The number of likely N-dealkylation sites (N-methyl/N-ethyl adjacent to an activating group) is 1. The van der Waals surface area contributed by atoms with Gasteiger partial charge in [0.2, 0.25) is 0 Å². The highest BCUT2D eigenvalue weighted by Gasteiger charge is 2.27. The van der Waals surface area contributed by atoms with Gasteiger partial charge in [-0.15, -0.1) is 0 Å². The molecule has 3 heteroatoms. The second-order valence-electron chi connectivity index (χ2n) is 4.60. The topological polar surface area (TPSA) is 40.5 Å². The Morgan fingerprint density at radius 1 is 1.26 bits per heavy atom. The van der Waals surface area contributed by atoms with Gasteiger partial charge in [0.15, 0.2) is 0 Å². The number of carbonyl (C=O) groups is 1. The van der Waals surface area contributed by atoms with Crippen LogP contribution < -0.4 is 0 Å². The first kappa shape index (κ1) is 14.1. The van der Waals surface area contributed by atoms with E-state index in [-0.39, 0.29) is 11.8 Å². The van der Waals surface area contributed by atoms with E-state index >= 15 is 0 Å². The van der Waals surface area contributed by atoms with E-state index in [0.29, 0.717) is 19.5 Å². The van der Waals surface area contributed by atoms with Gasteiger partial charge in [0.25, 0.3) is 5.91 Å². The second-order valence-corrected chi connectivity index (χ2v) is 4.60. The molecule has 1 rings (SSSR count). The van der Waals surface area contributed by atoms with Crippen LogP contribution in [0.1, 0.15) is 34.1 Å². The molecule has 1 aromatic rings. The van der Waals surface area contributed by atoms with Gasteiger partial charge in [0.05, 0.1) is 0 Å². The largest absolute Gasteiger partial charge is 0.383 e. The summed E-state index contributed by atoms with van der Waals surface area (Å²) in [5, 5.41) is 10.3. The number of hydrogen-bond acceptors (Lipinski definition) is 2. The first-order valence-electron chi connectivity index (χ1n) is 7.58. The van der Waals surface area contributed by atoms with E-state index in [1.54, 1.807) is 4.90 Å². The molecule has 0 saturated carbocycles. The number of hydrogen-bond donors (Lipinski definition) is 1. The smallest absolute Gasteiger partial charge is 0.251 e. The molecule has 1 N–H and O–H groups in total. The Bertz CT molecular complexity index is 406. The number of carbonyl (C=O) groups excluding carboxylic acids is 1. The molecule has 0 aliphatic carbocycles. The van der Waals surface area contributed by atoms with Crippen molar-refractivity contribution in [3.8, 4) is 0 Å². The number of benzene rings is 1. The third-order valence-corrected chi connectivity index (χ3v) is 3.41. The highest BCUT2D eigenvalue weighted by molar-refractivity contribution is 5.81. The molecule has 0 aliphatic rings. The predicted octanol–water partition coefficient (Wildman–Crippen LogP) is 2.48. The molecule has 0 saturated heterocycles. The molecule has 0 heterocycles. The van der Waals surface area contributed by atoms with Crippen molar-refractivity contribution in [3.63, 3.8) is 0 Å². The van der Waals surface area contributed by atoms with Crippen molar-refractivity contribution in [1.29, 1.82) is 0 Å². The summed E-state index contributed by atoms with van der Waals surface area (Å²) in [6.45, 7) is 6.86. The highest BCUT2D eigenvalue weighted by Crippen LogP contribution is 2.18. The minimum absolute atomic E-state index is 0.268. The normalized spacial score (nSPS) is 16.3. The van der Waals surface area contributed by atoms with Gasteiger partial charge in [-0.05, 0) is 38.1 Å². The van der Waals surface area contributed by atoms with Crippen molar-refractivity contribution < 1.29 is 11.3 Å². The van der Waals surface area contributed by atoms with Crippen molar-refractivity contribution in [1.82, 2.24) is 4.90 Å². The van der Waals surface area contributed by atoms with Crippen molar-refractivity contribution >= 4 is 5.91 Å². The van der Waals surface area contributed by atoms with Gasteiger partial charge in [-0.2, -0.15) is 0 Å². The Hall–Kier alpha value is -1.35. The summed E-state index contributed by atoms with van der Waals surface area (Å²) in [4.78, 5) is 13.9. The molecule has 0 aliphatic heterocycles. The lowest BCUT2D eigenvalue weighted by atomic mass is 9.91. The van der Waals surface area contributed by atoms with Gasteiger partial charge < -0.3 is 10.0 Å². The summed E-state index contributed by atoms with van der Waals surface area (Å²) in [5.41, 5.74) is 0.839. The van der Waals surface area contributed by atoms with Crippen LogP contribution in [0.5, 0.6) is 0 Å². The zero-order chi connectivity index (χ0) is 15.1. The molecule has 3 atom stereocenters. The third-order valence-electron chi connectivity index (χ3n) is 3.41. The number of aliphatic hydroxyl groups is 1. The maximum Gasteiger partial charge on any atom is 0.251 e. The van der Waals surface area contributed by atoms with Crippen LogP contribution in [0.2, 0.25) is 0 Å². The summed E-state index contributed by atoms with van der Waals surface area (Å²) < 4.78 is 8.32. The average Bonchev–Trinajstić information content (AvgIpc) is 2.49. The fourth-order valence-corrected chi connectivity index (χ4v) is 2.15. The Labute approximate surface area is 117 Å². The highest BCUT2D eigenvalue weighted by atomic mass is 16.3. The standard InChI is InChI=1S/C16H25NO2/c1-4-14(12-13-10-8-7-9-11-13)15(18)16(19)17(5-2)6-3/h7-11,14-15,18H,4-6,12H2,1-3H3/i12D. The second kappa shape index (κ2) is 7.95. The Kier molecular flexibility index (Phi) is 5.89. The molecule has 0 radical (unpaired) electrons. The first-order valence-corrected chi connectivity index (χ1v) is 7.00. The average molecular weight is 264 g/mol. The van der Waals surface area contributed by atoms with E-state index in [1.807, 2.05) is 51.1 Å². The molecule has 0 aromatic heterocycles. The Morgan fingerprint density at radius 2 is 1.84 bits per heavy atom. The van der Waals surface area contributed by atoms with E-state index < -0.39 is 12.5 Å². The van der Waals surface area contributed by atoms with E-state index in [4.69, 9.17) is 1.37 Å². The number of rotatable bonds is 7. The van der Waals surface area contributed by atoms with Crippen molar-refractivity contribution in [3.05, 3.63) is 35.9 Å². The molecule has 0 spiro atoms. The van der Waals surface area contributed by atoms with E-state index in [2.05, 4.69) is 0 Å². The maximum absolute atomic E-state index is 12.2. The summed E-state index contributed by atoms with van der Waals surface area (Å²) >= 11 is 0. The van der Waals surface area contributed by atoms with Gasteiger partial charge in [-0.1, -0.05) is 37.3 Å². The molecule has 0 bridgehead atoms. The fourth-order valence-electron chi connectivity index (χ4n) is 2.15. The van der Waals surface area contributed by atoms with Crippen molar-refractivity contribution in [2.24, 2.45) is 5.92 Å². The van der Waals surface area contributed by atoms with Crippen LogP contribution in [0.15, 0.2) is 30.3 Å². The van der Waals surface area contributed by atoms with Crippen molar-refractivity contribution in [2.75, 3.05) is 13.1 Å². The number of amides is 1. The van der Waals surface area contributed by atoms with E-state index in [1.165, 1.54) is 0 Å². The number of aliphatic hydroxyl groups excluding tert-OH is 1. The molecule has 0 fully saturated rings. The lowest BCUT2D eigenvalue weighted by Crippen LogP contribution is -2.43. The maximum atomic E-state index is 12.2. The first-order chi connectivity index (χ1) is 9.56. The molecule has 19 heavy (non-hydrogen) atoms. The third kappa shape index (κ3) is 4.35. The van der Waals surface area contributed by atoms with Crippen LogP contribution in [0.4, 0.5) is 0 Å². The van der Waals surface area contributed by atoms with Crippen LogP contribution in [-0.2, 0) is 11.2 Å². The Balaban J connectivity index is 2.87. The van der Waals surface area contributed by atoms with Gasteiger partial charge >= 0.3 is 0 Å². The monoisotopic (exact) mass is 264 g/mol. The Morgan fingerprint density at radius 3 is 2.32 bits per heavy atom. The van der Waals surface area contributed by atoms with Crippen LogP contribution in [0.3, 0.4) is 0 Å². The lowest BCUT2D eigenvalue weighted by molar-refractivity contribution is -0.142. The van der Waals surface area contributed by atoms with Gasteiger partial charge in [-0.25, -0.2) is 0 Å². The zero-order valence-electron chi connectivity index (χ0n) is 13.0. The fraction of sp³-hybridized carbons (Fsp3) is 0.562. The quantitative estimate of drug-likeness (QED) is 0.822. The minimum Gasteiger partial charge on any atom is -0.383 e. The van der Waals surface area contributed by atoms with E-state index in [0.717, 1.165) is 5.56 Å². The van der Waals surface area contributed by atoms with Crippen molar-refractivity contribution in [2.45, 2.75) is 39.7 Å². The van der Waals surface area contributed by atoms with Crippen LogP contribution >= 0.6 is 0 Å². The lowest BCUT2D eigenvalue weighted by Gasteiger charge is -2.27. The van der Waals surface area contributed by atoms with Gasteiger partial charge in [0, 0.05) is 14.5 Å². The summed E-state index contributed by atoms with van der Waals surface area (Å²) in [5.74, 6) is -0.652. The molecule has 3 unspecified atom stereocenters.